The molecular weight excluding hydrogens is 472 g/mol. The molecule has 0 heterocycles. The van der Waals surface area contributed by atoms with Gasteiger partial charge in [0.05, 0.1) is 16.0 Å². The Labute approximate surface area is 228 Å². The molecule has 0 spiro atoms. The number of hydrogen-bond donors (Lipinski definition) is 1. The Bertz CT molecular complexity index is 789. The standard InChI is InChI=1S/C24H38O7S.Ca.2H/c1-5-9-11-13-20(7-3)30-23(25)18-15-19(17-22(16-18)32(27,28)29)24(26)31-21(8-4)14-12-10-6-2;;;/h15-17,20-21H,5-14H2,1-4H3,(H,27,28,29);;;. The van der Waals surface area contributed by atoms with Crippen molar-refractivity contribution in [1.82, 2.24) is 0 Å². The third-order valence-corrected chi connectivity index (χ3v) is 6.22. The van der Waals surface area contributed by atoms with Crippen LogP contribution in [0.2, 0.25) is 0 Å². The van der Waals surface area contributed by atoms with Gasteiger partial charge >= 0.3 is 49.7 Å². The monoisotopic (exact) mass is 512 g/mol. The molecule has 0 aliphatic carbocycles. The molecule has 0 bridgehead atoms. The number of benzene rings is 1. The van der Waals surface area contributed by atoms with Crippen LogP contribution in [-0.4, -0.2) is 74.9 Å². The first-order chi connectivity index (χ1) is 15.2. The second-order valence-electron chi connectivity index (χ2n) is 8.08. The molecule has 2 atom stereocenters. The summed E-state index contributed by atoms with van der Waals surface area (Å²) in [6, 6.07) is 3.30. The molecule has 9 heteroatoms. The summed E-state index contributed by atoms with van der Waals surface area (Å²) in [6.07, 6.45) is 8.03. The second-order valence-corrected chi connectivity index (χ2v) is 9.51. The molecule has 186 valence electrons. The summed E-state index contributed by atoms with van der Waals surface area (Å²) in [5, 5.41) is 0. The van der Waals surface area contributed by atoms with Crippen molar-refractivity contribution in [3.05, 3.63) is 29.3 Å². The maximum atomic E-state index is 12.7. The summed E-state index contributed by atoms with van der Waals surface area (Å²) >= 11 is 0. The Morgan fingerprint density at radius 2 is 1.18 bits per heavy atom. The van der Waals surface area contributed by atoms with E-state index in [1.165, 1.54) is 6.07 Å². The molecule has 0 radical (unpaired) electrons. The van der Waals surface area contributed by atoms with Crippen LogP contribution in [0.3, 0.4) is 0 Å². The summed E-state index contributed by atoms with van der Waals surface area (Å²) in [6.45, 7) is 7.98. The molecule has 1 N–H and O–H groups in total. The third-order valence-electron chi connectivity index (χ3n) is 5.39. The van der Waals surface area contributed by atoms with Crippen LogP contribution in [0, 0.1) is 0 Å². The number of unbranched alkanes of at least 4 members (excludes halogenated alkanes) is 4. The molecule has 0 fully saturated rings. The fourth-order valence-electron chi connectivity index (χ4n) is 3.36. The van der Waals surface area contributed by atoms with Gasteiger partial charge in [-0.2, -0.15) is 8.42 Å². The van der Waals surface area contributed by atoms with Gasteiger partial charge in [-0.1, -0.05) is 53.4 Å². The van der Waals surface area contributed by atoms with Gasteiger partial charge in [0.2, 0.25) is 0 Å². The zero-order chi connectivity index (χ0) is 24.1. The van der Waals surface area contributed by atoms with Crippen LogP contribution in [0.5, 0.6) is 0 Å². The van der Waals surface area contributed by atoms with Gasteiger partial charge < -0.3 is 9.47 Å². The van der Waals surface area contributed by atoms with Crippen LogP contribution < -0.4 is 0 Å². The number of rotatable bonds is 15. The maximum absolute atomic E-state index is 12.7. The van der Waals surface area contributed by atoms with E-state index in [9.17, 15) is 22.6 Å². The van der Waals surface area contributed by atoms with Crippen LogP contribution in [0.15, 0.2) is 23.1 Å². The van der Waals surface area contributed by atoms with Crippen LogP contribution in [0.25, 0.3) is 0 Å². The van der Waals surface area contributed by atoms with Crippen molar-refractivity contribution < 1.29 is 32.0 Å². The molecule has 0 saturated carbocycles. The SMILES string of the molecule is CCCCCC(CC)OC(=O)c1cc(C(=O)OC(CC)CCCCC)cc(S(=O)(=O)O)c1.[CaH2]. The summed E-state index contributed by atoms with van der Waals surface area (Å²) in [7, 11) is -4.63. The Hall–Kier alpha value is -0.670. The average Bonchev–Trinajstić information content (AvgIpc) is 2.76. The van der Waals surface area contributed by atoms with Crippen LogP contribution in [0.1, 0.15) is 113 Å². The van der Waals surface area contributed by atoms with Gasteiger partial charge in [0.1, 0.15) is 12.2 Å². The van der Waals surface area contributed by atoms with E-state index in [0.29, 0.717) is 25.7 Å². The van der Waals surface area contributed by atoms with Crippen LogP contribution in [0.4, 0.5) is 0 Å². The zero-order valence-corrected chi connectivity index (χ0v) is 20.6. The zero-order valence-electron chi connectivity index (χ0n) is 19.8. The van der Waals surface area contributed by atoms with Crippen LogP contribution in [-0.2, 0) is 19.6 Å². The topological polar surface area (TPSA) is 107 Å². The third kappa shape index (κ3) is 12.0. The Balaban J connectivity index is 0.0000102. The predicted octanol–water partition coefficient (Wildman–Crippen LogP) is 5.05. The van der Waals surface area contributed by atoms with Crippen molar-refractivity contribution in [1.29, 1.82) is 0 Å². The average molecular weight is 513 g/mol. The van der Waals surface area contributed by atoms with Gasteiger partial charge in [-0.3, -0.25) is 4.55 Å². The second kappa shape index (κ2) is 16.9. The van der Waals surface area contributed by atoms with E-state index in [4.69, 9.17) is 9.47 Å². The number of carbonyl (C=O) groups is 2. The molecule has 1 rings (SSSR count). The van der Waals surface area contributed by atoms with Crippen LogP contribution >= 0.6 is 0 Å². The minimum atomic E-state index is -4.63. The van der Waals surface area contributed by atoms with Crippen molar-refractivity contribution in [3.8, 4) is 0 Å². The van der Waals surface area contributed by atoms with Gasteiger partial charge in [0, 0.05) is 0 Å². The van der Waals surface area contributed by atoms with Gasteiger partial charge in [-0.15, -0.1) is 0 Å². The molecule has 2 unspecified atom stereocenters. The normalized spacial score (nSPS) is 13.0. The molecule has 0 aromatic heterocycles. The quantitative estimate of drug-likeness (QED) is 0.152. The first kappa shape index (κ1) is 32.3. The minimum absolute atomic E-state index is 0. The van der Waals surface area contributed by atoms with Crippen molar-refractivity contribution in [2.24, 2.45) is 0 Å². The summed E-state index contributed by atoms with van der Waals surface area (Å²) in [4.78, 5) is 24.9. The summed E-state index contributed by atoms with van der Waals surface area (Å²) in [5.41, 5.74) is -0.222. The molecule has 1 aromatic rings. The molecule has 0 saturated heterocycles. The summed E-state index contributed by atoms with van der Waals surface area (Å²) < 4.78 is 44.1. The van der Waals surface area contributed by atoms with E-state index in [2.05, 4.69) is 13.8 Å². The first-order valence-corrected chi connectivity index (χ1v) is 13.1. The number of ether oxygens (including phenoxy) is 2. The van der Waals surface area contributed by atoms with E-state index in [0.717, 1.165) is 50.7 Å². The van der Waals surface area contributed by atoms with E-state index < -0.39 is 27.0 Å². The molecule has 1 aromatic carbocycles. The van der Waals surface area contributed by atoms with Crippen molar-refractivity contribution in [3.63, 3.8) is 0 Å². The fraction of sp³-hybridized carbons (Fsp3) is 0.667. The predicted molar refractivity (Wildman–Crippen MR) is 132 cm³/mol. The van der Waals surface area contributed by atoms with E-state index in [1.807, 2.05) is 13.8 Å². The summed E-state index contributed by atoms with van der Waals surface area (Å²) in [5.74, 6) is -1.47. The molecule has 33 heavy (non-hydrogen) atoms. The number of carbonyl (C=O) groups excluding carboxylic acids is 2. The number of hydrogen-bond acceptors (Lipinski definition) is 6. The Kier molecular flexibility index (Phi) is 16.5. The van der Waals surface area contributed by atoms with Crippen molar-refractivity contribution >= 4 is 59.8 Å². The molecule has 0 aliphatic heterocycles. The fourth-order valence-corrected chi connectivity index (χ4v) is 3.91. The van der Waals surface area contributed by atoms with Gasteiger partial charge in [0.25, 0.3) is 10.1 Å². The van der Waals surface area contributed by atoms with E-state index >= 15 is 0 Å². The van der Waals surface area contributed by atoms with Gasteiger partial charge in [0.15, 0.2) is 0 Å². The van der Waals surface area contributed by atoms with Crippen molar-refractivity contribution in [2.75, 3.05) is 0 Å². The Morgan fingerprint density at radius 1 is 0.788 bits per heavy atom. The molecular formula is C24H40CaO7S. The van der Waals surface area contributed by atoms with Gasteiger partial charge in [-0.25, -0.2) is 9.59 Å². The number of esters is 2. The van der Waals surface area contributed by atoms with E-state index in [1.54, 1.807) is 0 Å². The molecule has 0 aliphatic rings. The van der Waals surface area contributed by atoms with E-state index in [-0.39, 0.29) is 61.1 Å². The molecule has 0 amide bonds. The Morgan fingerprint density at radius 3 is 1.48 bits per heavy atom. The first-order valence-electron chi connectivity index (χ1n) is 11.7. The molecule has 7 nitrogen and oxygen atoms in total. The van der Waals surface area contributed by atoms with Crippen molar-refractivity contribution in [2.45, 2.75) is 109 Å². The van der Waals surface area contributed by atoms with Gasteiger partial charge in [-0.05, 0) is 56.7 Å².